The molecule has 0 bridgehead atoms. The zero-order chi connectivity index (χ0) is 12.6. The number of hydrogen-bond donors (Lipinski definition) is 1. The fraction of sp³-hybridized carbons (Fsp3) is 0.538. The Kier molecular flexibility index (Phi) is 2.81. The Morgan fingerprint density at radius 3 is 2.65 bits per heavy atom. The highest BCUT2D eigenvalue weighted by Gasteiger charge is 2.20. The van der Waals surface area contributed by atoms with Crippen LogP contribution in [-0.4, -0.2) is 20.6 Å². The molecule has 2 rings (SSSR count). The Hall–Kier alpha value is -1.58. The van der Waals surface area contributed by atoms with Gasteiger partial charge in [-0.1, -0.05) is 26.8 Å². The fourth-order valence-corrected chi connectivity index (χ4v) is 1.46. The molecule has 2 aromatic rings. The minimum Gasteiger partial charge on any atom is -0.350 e. The predicted molar refractivity (Wildman–Crippen MR) is 70.3 cm³/mol. The smallest absolute Gasteiger partial charge is 0.243 e. The monoisotopic (exact) mass is 232 g/mol. The molecule has 0 aliphatic heterocycles. The highest BCUT2D eigenvalue weighted by Crippen LogP contribution is 2.21. The molecule has 0 amide bonds. The second kappa shape index (κ2) is 4.02. The lowest BCUT2D eigenvalue weighted by Gasteiger charge is -2.27. The molecule has 0 fully saturated rings. The van der Waals surface area contributed by atoms with E-state index in [1.807, 2.05) is 29.8 Å². The summed E-state index contributed by atoms with van der Waals surface area (Å²) in [7, 11) is 0. The number of anilines is 1. The number of nitrogens with zero attached hydrogens (tertiary/aromatic N) is 3. The number of rotatable bonds is 2. The third kappa shape index (κ3) is 2.57. The Morgan fingerprint density at radius 1 is 1.29 bits per heavy atom. The molecule has 1 atom stereocenters. The average Bonchev–Trinajstić information content (AvgIpc) is 2.57. The number of aryl methyl sites for hydroxylation is 1. The van der Waals surface area contributed by atoms with Crippen LogP contribution in [0.2, 0.25) is 0 Å². The van der Waals surface area contributed by atoms with E-state index in [1.165, 1.54) is 5.56 Å². The van der Waals surface area contributed by atoms with E-state index >= 15 is 0 Å². The number of nitrogens with one attached hydrogen (secondary N) is 1. The van der Waals surface area contributed by atoms with Gasteiger partial charge in [0, 0.05) is 12.2 Å². The second-order valence-corrected chi connectivity index (χ2v) is 5.68. The van der Waals surface area contributed by atoms with Gasteiger partial charge in [0.2, 0.25) is 5.95 Å². The molecule has 0 aromatic carbocycles. The van der Waals surface area contributed by atoms with Crippen molar-refractivity contribution in [1.82, 2.24) is 14.6 Å². The normalized spacial score (nSPS) is 13.9. The Balaban J connectivity index is 2.25. The fourth-order valence-electron chi connectivity index (χ4n) is 1.46. The molecule has 1 N–H and O–H groups in total. The van der Waals surface area contributed by atoms with Crippen molar-refractivity contribution < 1.29 is 0 Å². The van der Waals surface area contributed by atoms with Crippen molar-refractivity contribution >= 4 is 11.6 Å². The van der Waals surface area contributed by atoms with E-state index in [0.29, 0.717) is 12.0 Å². The lowest BCUT2D eigenvalue weighted by atomic mass is 9.88. The summed E-state index contributed by atoms with van der Waals surface area (Å²) < 4.78 is 1.81. The molecule has 0 radical (unpaired) electrons. The van der Waals surface area contributed by atoms with Crippen LogP contribution < -0.4 is 5.32 Å². The highest BCUT2D eigenvalue weighted by atomic mass is 15.3. The van der Waals surface area contributed by atoms with Gasteiger partial charge in [-0.3, -0.25) is 0 Å². The lowest BCUT2D eigenvalue weighted by molar-refractivity contribution is 0.358. The Bertz CT molecular complexity index is 522. The van der Waals surface area contributed by atoms with E-state index < -0.39 is 0 Å². The first-order valence-electron chi connectivity index (χ1n) is 5.96. The van der Waals surface area contributed by atoms with Crippen LogP contribution >= 0.6 is 0 Å². The number of aromatic nitrogens is 3. The Morgan fingerprint density at radius 2 is 2.00 bits per heavy atom. The van der Waals surface area contributed by atoms with E-state index in [0.717, 1.165) is 5.65 Å². The standard InChI is InChI=1S/C13H20N4/c1-9-6-7-11-15-12(16-17(11)8-9)14-10(2)13(3,4)5/h6-8,10H,1-5H3,(H,14,16). The SMILES string of the molecule is Cc1ccc2nc(NC(C)C(C)(C)C)nn2c1. The summed E-state index contributed by atoms with van der Waals surface area (Å²) in [6.45, 7) is 10.8. The summed E-state index contributed by atoms with van der Waals surface area (Å²) in [6, 6.07) is 4.34. The van der Waals surface area contributed by atoms with Crippen molar-refractivity contribution in [3.05, 3.63) is 23.9 Å². The van der Waals surface area contributed by atoms with Crippen LogP contribution in [0.25, 0.3) is 5.65 Å². The van der Waals surface area contributed by atoms with Gasteiger partial charge >= 0.3 is 0 Å². The van der Waals surface area contributed by atoms with E-state index in [1.54, 1.807) is 0 Å². The highest BCUT2D eigenvalue weighted by molar-refractivity contribution is 5.44. The third-order valence-corrected chi connectivity index (χ3v) is 3.12. The van der Waals surface area contributed by atoms with Gasteiger partial charge in [0.15, 0.2) is 5.65 Å². The van der Waals surface area contributed by atoms with E-state index in [2.05, 4.69) is 43.1 Å². The van der Waals surface area contributed by atoms with Crippen LogP contribution in [0.3, 0.4) is 0 Å². The van der Waals surface area contributed by atoms with Crippen molar-refractivity contribution in [2.45, 2.75) is 40.7 Å². The van der Waals surface area contributed by atoms with Gasteiger partial charge in [0.1, 0.15) is 0 Å². The largest absolute Gasteiger partial charge is 0.350 e. The van der Waals surface area contributed by atoms with E-state index in [9.17, 15) is 0 Å². The third-order valence-electron chi connectivity index (χ3n) is 3.12. The molecule has 0 aliphatic rings. The van der Waals surface area contributed by atoms with Gasteiger partial charge in [-0.25, -0.2) is 4.52 Å². The number of hydrogen-bond acceptors (Lipinski definition) is 3. The summed E-state index contributed by atoms with van der Waals surface area (Å²) in [5.41, 5.74) is 2.24. The molecular formula is C13H20N4. The molecule has 4 heteroatoms. The van der Waals surface area contributed by atoms with Gasteiger partial charge in [-0.05, 0) is 30.9 Å². The molecule has 2 heterocycles. The van der Waals surface area contributed by atoms with Crippen LogP contribution in [-0.2, 0) is 0 Å². The van der Waals surface area contributed by atoms with Crippen molar-refractivity contribution in [1.29, 1.82) is 0 Å². The first kappa shape index (κ1) is 11.9. The van der Waals surface area contributed by atoms with Crippen LogP contribution in [0.4, 0.5) is 5.95 Å². The van der Waals surface area contributed by atoms with Crippen molar-refractivity contribution in [2.75, 3.05) is 5.32 Å². The lowest BCUT2D eigenvalue weighted by Crippen LogP contribution is -2.31. The average molecular weight is 232 g/mol. The first-order chi connectivity index (χ1) is 7.86. The molecular weight excluding hydrogens is 212 g/mol. The maximum absolute atomic E-state index is 4.45. The van der Waals surface area contributed by atoms with Crippen LogP contribution in [0.15, 0.2) is 18.3 Å². The minimum atomic E-state index is 0.188. The number of pyridine rings is 1. The van der Waals surface area contributed by atoms with Gasteiger partial charge in [-0.2, -0.15) is 4.98 Å². The topological polar surface area (TPSA) is 42.2 Å². The van der Waals surface area contributed by atoms with Crippen LogP contribution in [0.1, 0.15) is 33.3 Å². The maximum Gasteiger partial charge on any atom is 0.243 e. The van der Waals surface area contributed by atoms with Crippen molar-refractivity contribution in [3.63, 3.8) is 0 Å². The molecule has 2 aromatic heterocycles. The quantitative estimate of drug-likeness (QED) is 0.865. The van der Waals surface area contributed by atoms with E-state index in [4.69, 9.17) is 0 Å². The van der Waals surface area contributed by atoms with E-state index in [-0.39, 0.29) is 5.41 Å². The predicted octanol–water partition coefficient (Wildman–Crippen LogP) is 2.88. The van der Waals surface area contributed by atoms with Crippen LogP contribution in [0.5, 0.6) is 0 Å². The van der Waals surface area contributed by atoms with Gasteiger partial charge < -0.3 is 5.32 Å². The summed E-state index contributed by atoms with van der Waals surface area (Å²) >= 11 is 0. The molecule has 0 aliphatic carbocycles. The molecule has 0 saturated heterocycles. The summed E-state index contributed by atoms with van der Waals surface area (Å²) in [5.74, 6) is 0.693. The van der Waals surface area contributed by atoms with Crippen LogP contribution in [0, 0.1) is 12.3 Å². The molecule has 17 heavy (non-hydrogen) atoms. The molecule has 92 valence electrons. The Labute approximate surface area is 102 Å². The minimum absolute atomic E-state index is 0.188. The molecule has 0 saturated carbocycles. The molecule has 0 spiro atoms. The zero-order valence-corrected chi connectivity index (χ0v) is 11.2. The summed E-state index contributed by atoms with van der Waals surface area (Å²) in [5, 5.41) is 7.77. The number of fused-ring (bicyclic) bond motifs is 1. The van der Waals surface area contributed by atoms with Gasteiger partial charge in [0.25, 0.3) is 0 Å². The summed E-state index contributed by atoms with van der Waals surface area (Å²) in [4.78, 5) is 4.45. The maximum atomic E-state index is 4.45. The molecule has 1 unspecified atom stereocenters. The summed E-state index contributed by atoms with van der Waals surface area (Å²) in [6.07, 6.45) is 1.98. The van der Waals surface area contributed by atoms with Gasteiger partial charge in [0.05, 0.1) is 0 Å². The molecule has 4 nitrogen and oxygen atoms in total. The second-order valence-electron chi connectivity index (χ2n) is 5.68. The first-order valence-corrected chi connectivity index (χ1v) is 5.96. The van der Waals surface area contributed by atoms with Gasteiger partial charge in [-0.15, -0.1) is 5.10 Å². The van der Waals surface area contributed by atoms with Crippen molar-refractivity contribution in [3.8, 4) is 0 Å². The van der Waals surface area contributed by atoms with Crippen molar-refractivity contribution in [2.24, 2.45) is 5.41 Å². The zero-order valence-electron chi connectivity index (χ0n) is 11.2.